The summed E-state index contributed by atoms with van der Waals surface area (Å²) in [6.07, 6.45) is 5.62. The maximum absolute atomic E-state index is 3.49. The molecule has 90 valence electrons. The van der Waals surface area contributed by atoms with Crippen LogP contribution >= 0.6 is 0 Å². The predicted molar refractivity (Wildman–Crippen MR) is 67.1 cm³/mol. The molecule has 2 atom stereocenters. The zero-order chi connectivity index (χ0) is 11.3. The molecule has 0 aromatic carbocycles. The summed E-state index contributed by atoms with van der Waals surface area (Å²) in [5.41, 5.74) is 0. The lowest BCUT2D eigenvalue weighted by Crippen LogP contribution is -2.42. The fourth-order valence-electron chi connectivity index (χ4n) is 2.90. The van der Waals surface area contributed by atoms with E-state index < -0.39 is 0 Å². The molecule has 0 amide bonds. The molecule has 0 aromatic heterocycles. The predicted octanol–water partition coefficient (Wildman–Crippen LogP) is 2.35. The van der Waals surface area contributed by atoms with Crippen molar-refractivity contribution in [1.29, 1.82) is 0 Å². The summed E-state index contributed by atoms with van der Waals surface area (Å²) in [5.74, 6) is 1.65. The molecule has 1 N–H and O–H groups in total. The number of hydrogen-bond donors (Lipinski definition) is 1. The molecule has 0 bridgehead atoms. The highest BCUT2D eigenvalue weighted by Gasteiger charge is 2.24. The average Bonchev–Trinajstić information content (AvgIpc) is 2.17. The van der Waals surface area contributed by atoms with E-state index in [1.807, 2.05) is 0 Å². The number of nitrogens with one attached hydrogen (secondary N) is 1. The molecule has 0 aromatic rings. The Bertz CT molecular complexity index is 168. The van der Waals surface area contributed by atoms with Crippen LogP contribution in [0.2, 0.25) is 0 Å². The monoisotopic (exact) mass is 212 g/mol. The van der Waals surface area contributed by atoms with Gasteiger partial charge in [-0.3, -0.25) is 0 Å². The van der Waals surface area contributed by atoms with E-state index in [1.165, 1.54) is 38.8 Å². The SMILES string of the molecule is CNC1CCCCC1CN(C)CC(C)C. The average molecular weight is 212 g/mol. The number of nitrogens with zero attached hydrogens (tertiary/aromatic N) is 1. The summed E-state index contributed by atoms with van der Waals surface area (Å²) in [5, 5.41) is 3.49. The van der Waals surface area contributed by atoms with Gasteiger partial charge in [-0.1, -0.05) is 26.7 Å². The van der Waals surface area contributed by atoms with Crippen LogP contribution in [-0.4, -0.2) is 38.1 Å². The van der Waals surface area contributed by atoms with Crippen LogP contribution in [0.3, 0.4) is 0 Å². The number of hydrogen-bond acceptors (Lipinski definition) is 2. The lowest BCUT2D eigenvalue weighted by Gasteiger charge is -2.34. The Labute approximate surface area is 95.4 Å². The summed E-state index contributed by atoms with van der Waals surface area (Å²) in [6.45, 7) is 7.09. The maximum Gasteiger partial charge on any atom is 0.0104 e. The van der Waals surface area contributed by atoms with Gasteiger partial charge in [-0.05, 0) is 38.8 Å². The van der Waals surface area contributed by atoms with Crippen molar-refractivity contribution >= 4 is 0 Å². The molecule has 1 fully saturated rings. The van der Waals surface area contributed by atoms with Crippen LogP contribution in [0.25, 0.3) is 0 Å². The molecule has 1 aliphatic rings. The lowest BCUT2D eigenvalue weighted by atomic mass is 9.84. The van der Waals surface area contributed by atoms with Gasteiger partial charge in [0, 0.05) is 19.1 Å². The molecule has 1 aliphatic carbocycles. The van der Waals surface area contributed by atoms with Crippen LogP contribution in [0.4, 0.5) is 0 Å². The number of rotatable bonds is 5. The summed E-state index contributed by atoms with van der Waals surface area (Å²) in [6, 6.07) is 0.758. The molecule has 0 radical (unpaired) electrons. The summed E-state index contributed by atoms with van der Waals surface area (Å²) in [7, 11) is 4.38. The zero-order valence-electron chi connectivity index (χ0n) is 10.9. The molecule has 2 unspecified atom stereocenters. The molecule has 1 rings (SSSR count). The van der Waals surface area contributed by atoms with Gasteiger partial charge in [0.2, 0.25) is 0 Å². The Kier molecular flexibility index (Phi) is 5.62. The van der Waals surface area contributed by atoms with E-state index in [-0.39, 0.29) is 0 Å². The van der Waals surface area contributed by atoms with E-state index in [2.05, 4.69) is 38.2 Å². The van der Waals surface area contributed by atoms with Crippen LogP contribution in [-0.2, 0) is 0 Å². The van der Waals surface area contributed by atoms with Gasteiger partial charge >= 0.3 is 0 Å². The molecular weight excluding hydrogens is 184 g/mol. The standard InChI is InChI=1S/C13H28N2/c1-11(2)9-15(4)10-12-7-5-6-8-13(12)14-3/h11-14H,5-10H2,1-4H3. The normalized spacial score (nSPS) is 27.6. The van der Waals surface area contributed by atoms with Gasteiger partial charge in [-0.15, -0.1) is 0 Å². The minimum atomic E-state index is 0.758. The van der Waals surface area contributed by atoms with Crippen molar-refractivity contribution in [3.05, 3.63) is 0 Å². The van der Waals surface area contributed by atoms with Crippen molar-refractivity contribution in [2.45, 2.75) is 45.6 Å². The van der Waals surface area contributed by atoms with Crippen molar-refractivity contribution in [2.75, 3.05) is 27.2 Å². The second-order valence-electron chi connectivity index (χ2n) is 5.55. The molecule has 1 saturated carbocycles. The van der Waals surface area contributed by atoms with E-state index >= 15 is 0 Å². The molecule has 0 saturated heterocycles. The largest absolute Gasteiger partial charge is 0.317 e. The Morgan fingerprint density at radius 1 is 1.27 bits per heavy atom. The molecule has 0 aliphatic heterocycles. The second kappa shape index (κ2) is 6.49. The highest BCUT2D eigenvalue weighted by molar-refractivity contribution is 4.81. The van der Waals surface area contributed by atoms with Gasteiger partial charge in [-0.2, -0.15) is 0 Å². The highest BCUT2D eigenvalue weighted by atomic mass is 15.1. The van der Waals surface area contributed by atoms with Crippen molar-refractivity contribution in [3.8, 4) is 0 Å². The highest BCUT2D eigenvalue weighted by Crippen LogP contribution is 2.24. The van der Waals surface area contributed by atoms with E-state index in [9.17, 15) is 0 Å². The molecule has 0 heterocycles. The molecule has 2 nitrogen and oxygen atoms in total. The second-order valence-corrected chi connectivity index (χ2v) is 5.55. The Morgan fingerprint density at radius 2 is 1.93 bits per heavy atom. The van der Waals surface area contributed by atoms with Crippen molar-refractivity contribution in [2.24, 2.45) is 11.8 Å². The van der Waals surface area contributed by atoms with Gasteiger partial charge in [0.05, 0.1) is 0 Å². The fourth-order valence-corrected chi connectivity index (χ4v) is 2.90. The Hall–Kier alpha value is -0.0800. The molecule has 2 heteroatoms. The van der Waals surface area contributed by atoms with Crippen molar-refractivity contribution in [1.82, 2.24) is 10.2 Å². The van der Waals surface area contributed by atoms with Gasteiger partial charge in [0.1, 0.15) is 0 Å². The van der Waals surface area contributed by atoms with E-state index in [1.54, 1.807) is 0 Å². The van der Waals surface area contributed by atoms with Gasteiger partial charge < -0.3 is 10.2 Å². The molecular formula is C13H28N2. The van der Waals surface area contributed by atoms with Crippen LogP contribution < -0.4 is 5.32 Å². The topological polar surface area (TPSA) is 15.3 Å². The van der Waals surface area contributed by atoms with E-state index in [4.69, 9.17) is 0 Å². The first-order valence-corrected chi connectivity index (χ1v) is 6.49. The summed E-state index contributed by atoms with van der Waals surface area (Å²) in [4.78, 5) is 2.50. The summed E-state index contributed by atoms with van der Waals surface area (Å²) >= 11 is 0. The van der Waals surface area contributed by atoms with E-state index in [0.717, 1.165) is 17.9 Å². The third-order valence-corrected chi connectivity index (χ3v) is 3.50. The molecule has 0 spiro atoms. The van der Waals surface area contributed by atoms with Crippen LogP contribution in [0.5, 0.6) is 0 Å². The van der Waals surface area contributed by atoms with E-state index in [0.29, 0.717) is 0 Å². The zero-order valence-corrected chi connectivity index (χ0v) is 10.9. The van der Waals surface area contributed by atoms with Crippen molar-refractivity contribution < 1.29 is 0 Å². The maximum atomic E-state index is 3.49. The third-order valence-electron chi connectivity index (χ3n) is 3.50. The third kappa shape index (κ3) is 4.52. The van der Waals surface area contributed by atoms with Crippen molar-refractivity contribution in [3.63, 3.8) is 0 Å². The van der Waals surface area contributed by atoms with Crippen LogP contribution in [0.1, 0.15) is 39.5 Å². The Morgan fingerprint density at radius 3 is 2.53 bits per heavy atom. The Balaban J connectivity index is 2.33. The van der Waals surface area contributed by atoms with Gasteiger partial charge in [0.25, 0.3) is 0 Å². The first-order chi connectivity index (χ1) is 7.13. The lowest BCUT2D eigenvalue weighted by molar-refractivity contribution is 0.184. The van der Waals surface area contributed by atoms with Crippen LogP contribution in [0.15, 0.2) is 0 Å². The minimum Gasteiger partial charge on any atom is -0.317 e. The first-order valence-electron chi connectivity index (χ1n) is 6.49. The quantitative estimate of drug-likeness (QED) is 0.752. The fraction of sp³-hybridized carbons (Fsp3) is 1.00. The van der Waals surface area contributed by atoms with Gasteiger partial charge in [0.15, 0.2) is 0 Å². The summed E-state index contributed by atoms with van der Waals surface area (Å²) < 4.78 is 0. The van der Waals surface area contributed by atoms with Crippen LogP contribution in [0, 0.1) is 11.8 Å². The van der Waals surface area contributed by atoms with Gasteiger partial charge in [-0.25, -0.2) is 0 Å². The first kappa shape index (κ1) is 13.0. The smallest absolute Gasteiger partial charge is 0.0104 e. The molecule has 15 heavy (non-hydrogen) atoms. The minimum absolute atomic E-state index is 0.758.